The lowest BCUT2D eigenvalue weighted by molar-refractivity contribution is -0.137. The fourth-order valence-corrected chi connectivity index (χ4v) is 4.56. The average molecular weight is 475 g/mol. The second-order valence-electron chi connectivity index (χ2n) is 7.78. The molecule has 2 aromatic heterocycles. The number of anilines is 2. The van der Waals surface area contributed by atoms with Crippen molar-refractivity contribution in [3.63, 3.8) is 0 Å². The van der Waals surface area contributed by atoms with Gasteiger partial charge in [-0.05, 0) is 31.0 Å². The molecule has 1 saturated heterocycles. The molecular formula is C19H18F5N5O2S. The number of alkyl halides is 5. The smallest absolute Gasteiger partial charge is 0.355 e. The highest BCUT2D eigenvalue weighted by molar-refractivity contribution is 7.82. The van der Waals surface area contributed by atoms with E-state index in [1.54, 1.807) is 0 Å². The normalized spacial score (nSPS) is 23.1. The molecule has 1 saturated carbocycles. The van der Waals surface area contributed by atoms with E-state index >= 15 is 0 Å². The van der Waals surface area contributed by atoms with Crippen LogP contribution in [0.2, 0.25) is 0 Å². The predicted octanol–water partition coefficient (Wildman–Crippen LogP) is 3.21. The van der Waals surface area contributed by atoms with E-state index < -0.39 is 52.0 Å². The molecule has 1 aliphatic carbocycles. The molecule has 2 fully saturated rings. The minimum absolute atomic E-state index is 0.0416. The first-order valence-corrected chi connectivity index (χ1v) is 10.8. The lowest BCUT2D eigenvalue weighted by atomic mass is 9.93. The van der Waals surface area contributed by atoms with Crippen LogP contribution in [0.15, 0.2) is 35.6 Å². The first-order chi connectivity index (χ1) is 15.0. The number of hydrogen-bond acceptors (Lipinski definition) is 5. The van der Waals surface area contributed by atoms with Crippen LogP contribution in [-0.2, 0) is 17.2 Å². The van der Waals surface area contributed by atoms with Gasteiger partial charge in [-0.15, -0.1) is 0 Å². The number of nitrogens with two attached hydrogens (primary N) is 1. The van der Waals surface area contributed by atoms with Crippen molar-refractivity contribution in [1.29, 1.82) is 0 Å². The van der Waals surface area contributed by atoms with Gasteiger partial charge in [-0.3, -0.25) is 4.79 Å². The Morgan fingerprint density at radius 1 is 1.19 bits per heavy atom. The molecule has 3 N–H and O–H groups in total. The third-order valence-corrected chi connectivity index (χ3v) is 6.41. The average Bonchev–Trinajstić information content (AvgIpc) is 2.89. The van der Waals surface area contributed by atoms with Crippen LogP contribution in [-0.4, -0.2) is 39.1 Å². The molecule has 4 rings (SSSR count). The van der Waals surface area contributed by atoms with Gasteiger partial charge in [0.25, 0.3) is 11.8 Å². The summed E-state index contributed by atoms with van der Waals surface area (Å²) in [4.78, 5) is 22.0. The summed E-state index contributed by atoms with van der Waals surface area (Å²) in [5.74, 6) is -5.79. The van der Waals surface area contributed by atoms with E-state index in [0.717, 1.165) is 0 Å². The summed E-state index contributed by atoms with van der Waals surface area (Å²) in [7, 11) is -1.93. The van der Waals surface area contributed by atoms with Crippen molar-refractivity contribution in [3.05, 3.63) is 41.7 Å². The van der Waals surface area contributed by atoms with Gasteiger partial charge in [0.1, 0.15) is 21.8 Å². The molecule has 7 nitrogen and oxygen atoms in total. The number of rotatable bonds is 4. The van der Waals surface area contributed by atoms with Crippen molar-refractivity contribution in [2.24, 2.45) is 17.0 Å². The highest BCUT2D eigenvalue weighted by Crippen LogP contribution is 2.49. The third kappa shape index (κ3) is 4.18. The Bertz CT molecular complexity index is 1060. The molecular weight excluding hydrogens is 457 g/mol. The van der Waals surface area contributed by atoms with E-state index in [2.05, 4.69) is 15.3 Å². The predicted molar refractivity (Wildman–Crippen MR) is 105 cm³/mol. The van der Waals surface area contributed by atoms with Gasteiger partial charge in [-0.25, -0.2) is 28.1 Å². The highest BCUT2D eigenvalue weighted by Gasteiger charge is 2.56. The molecule has 3 heterocycles. The molecule has 2 bridgehead atoms. The Hall–Kier alpha value is -2.67. The molecule has 2 aliphatic rings. The summed E-state index contributed by atoms with van der Waals surface area (Å²) in [6, 6.07) is 3.21. The van der Waals surface area contributed by atoms with Crippen molar-refractivity contribution in [1.82, 2.24) is 9.97 Å². The van der Waals surface area contributed by atoms with E-state index in [1.807, 2.05) is 0 Å². The molecule has 32 heavy (non-hydrogen) atoms. The van der Waals surface area contributed by atoms with Crippen molar-refractivity contribution in [2.75, 3.05) is 23.3 Å². The van der Waals surface area contributed by atoms with Crippen molar-refractivity contribution in [2.45, 2.75) is 30.0 Å². The lowest BCUT2D eigenvalue weighted by Crippen LogP contribution is -2.49. The number of fused-ring (bicyclic) bond motifs is 2. The molecule has 0 spiro atoms. The summed E-state index contributed by atoms with van der Waals surface area (Å²) < 4.78 is 79.8. The molecule has 0 aromatic carbocycles. The Morgan fingerprint density at radius 3 is 2.44 bits per heavy atom. The zero-order valence-corrected chi connectivity index (χ0v) is 17.2. The number of pyridine rings is 2. The fraction of sp³-hybridized carbons (Fsp3) is 0.421. The minimum Gasteiger partial charge on any atom is -0.355 e. The molecule has 2 aromatic rings. The van der Waals surface area contributed by atoms with Gasteiger partial charge in [0.15, 0.2) is 0 Å². The Balaban J connectivity index is 1.69. The van der Waals surface area contributed by atoms with Crippen molar-refractivity contribution < 1.29 is 31.0 Å². The zero-order valence-electron chi connectivity index (χ0n) is 16.4. The Kier molecular flexibility index (Phi) is 5.65. The molecule has 1 aliphatic heterocycles. The molecule has 0 radical (unpaired) electrons. The summed E-state index contributed by atoms with van der Waals surface area (Å²) in [6.07, 6.45) is -2.35. The lowest BCUT2D eigenvalue weighted by Gasteiger charge is -2.39. The number of carbonyl (C=O) groups excluding carboxylic acids is 1. The quantitative estimate of drug-likeness (QED) is 0.662. The molecule has 13 heteroatoms. The summed E-state index contributed by atoms with van der Waals surface area (Å²) in [5, 5.41) is 7.63. The van der Waals surface area contributed by atoms with E-state index in [1.165, 1.54) is 23.2 Å². The van der Waals surface area contributed by atoms with Gasteiger partial charge >= 0.3 is 6.18 Å². The van der Waals surface area contributed by atoms with Gasteiger partial charge in [-0.1, -0.05) is 0 Å². The second kappa shape index (κ2) is 8.03. The Morgan fingerprint density at radius 2 is 1.84 bits per heavy atom. The maximum Gasteiger partial charge on any atom is 0.417 e. The van der Waals surface area contributed by atoms with Crippen LogP contribution >= 0.6 is 0 Å². The van der Waals surface area contributed by atoms with Crippen LogP contribution in [0.4, 0.5) is 33.5 Å². The summed E-state index contributed by atoms with van der Waals surface area (Å²) in [5.41, 5.74) is -1.45. The van der Waals surface area contributed by atoms with Gasteiger partial charge in [-0.2, -0.15) is 13.2 Å². The first-order valence-electron chi connectivity index (χ1n) is 9.60. The van der Waals surface area contributed by atoms with Crippen LogP contribution in [0, 0.1) is 11.8 Å². The van der Waals surface area contributed by atoms with Crippen LogP contribution in [0.25, 0.3) is 0 Å². The molecule has 2 unspecified atom stereocenters. The van der Waals surface area contributed by atoms with E-state index in [9.17, 15) is 31.0 Å². The summed E-state index contributed by atoms with van der Waals surface area (Å²) >= 11 is 0. The minimum atomic E-state index is -4.76. The van der Waals surface area contributed by atoms with Crippen LogP contribution < -0.4 is 15.4 Å². The van der Waals surface area contributed by atoms with Gasteiger partial charge in [0.05, 0.1) is 11.1 Å². The van der Waals surface area contributed by atoms with Crippen LogP contribution in [0.5, 0.6) is 0 Å². The summed E-state index contributed by atoms with van der Waals surface area (Å²) in [6.45, 7) is -0.235. The number of piperidine rings is 1. The standard InChI is InChI=1S/C19H18F5N5O2S/c20-18(21)10-1-2-11(18)9-29(8-10)16-14(5-12(7-27-16)19(22,23)24)17(30)28-13-3-4-26-15(6-13)32(25)31/h3-7,10-11H,1-2,8-9,25H2,(H,26,28,30)/t10-,11?,32?/m0/s1. The largest absolute Gasteiger partial charge is 0.417 e. The number of amides is 1. The van der Waals surface area contributed by atoms with Crippen molar-refractivity contribution >= 4 is 28.4 Å². The first kappa shape index (κ1) is 22.5. The number of nitrogens with one attached hydrogen (secondary N) is 1. The number of hydrogen-bond donors (Lipinski definition) is 2. The second-order valence-corrected chi connectivity index (χ2v) is 8.79. The highest BCUT2D eigenvalue weighted by atomic mass is 32.2. The van der Waals surface area contributed by atoms with Crippen LogP contribution in [0.1, 0.15) is 28.8 Å². The monoisotopic (exact) mass is 475 g/mol. The number of carbonyl (C=O) groups is 1. The zero-order chi connectivity index (χ0) is 23.3. The van der Waals surface area contributed by atoms with Gasteiger partial charge in [0, 0.05) is 43.0 Å². The molecule has 172 valence electrons. The maximum absolute atomic E-state index is 14.3. The third-order valence-electron chi connectivity index (χ3n) is 5.77. The SMILES string of the molecule is NS(=O)c1cc(NC(=O)c2cc(C(F)(F)F)cnc2N2CC3CC[C@@H](C2)C3(F)F)ccn1. The van der Waals surface area contributed by atoms with Gasteiger partial charge in [0.2, 0.25) is 0 Å². The molecule has 3 atom stereocenters. The number of nitrogens with zero attached hydrogens (tertiary/aromatic N) is 3. The Labute approximate surface area is 181 Å². The fourth-order valence-electron chi connectivity index (χ4n) is 4.15. The van der Waals surface area contributed by atoms with E-state index in [0.29, 0.717) is 25.1 Å². The number of halogens is 5. The van der Waals surface area contributed by atoms with E-state index in [4.69, 9.17) is 5.14 Å². The van der Waals surface area contributed by atoms with Gasteiger partial charge < -0.3 is 10.2 Å². The van der Waals surface area contributed by atoms with E-state index in [-0.39, 0.29) is 29.6 Å². The van der Waals surface area contributed by atoms with Crippen molar-refractivity contribution in [3.8, 4) is 0 Å². The topological polar surface area (TPSA) is 101 Å². The maximum atomic E-state index is 14.3. The number of aromatic nitrogens is 2. The molecule has 1 amide bonds. The van der Waals surface area contributed by atoms with Crippen LogP contribution in [0.3, 0.4) is 0 Å².